The molecule has 0 saturated carbocycles. The van der Waals surface area contributed by atoms with Gasteiger partial charge in [-0.15, -0.1) is 0 Å². The summed E-state index contributed by atoms with van der Waals surface area (Å²) in [7, 11) is 0. The van der Waals surface area contributed by atoms with Crippen LogP contribution in [0.5, 0.6) is 0 Å². The highest BCUT2D eigenvalue weighted by molar-refractivity contribution is 5.79. The molecule has 1 aliphatic heterocycles. The summed E-state index contributed by atoms with van der Waals surface area (Å²) in [4.78, 5) is 22.3. The molecule has 2 N–H and O–H groups in total. The van der Waals surface area contributed by atoms with Crippen LogP contribution in [0.15, 0.2) is 0 Å². The predicted octanol–water partition coefficient (Wildman–Crippen LogP) is 0.638. The molecule has 1 fully saturated rings. The van der Waals surface area contributed by atoms with E-state index in [4.69, 9.17) is 9.84 Å². The van der Waals surface area contributed by atoms with E-state index in [2.05, 4.69) is 5.32 Å². The van der Waals surface area contributed by atoms with Crippen molar-refractivity contribution in [3.63, 3.8) is 0 Å². The summed E-state index contributed by atoms with van der Waals surface area (Å²) in [6, 6.07) is 0. The van der Waals surface area contributed by atoms with Gasteiger partial charge in [0.15, 0.2) is 0 Å². The van der Waals surface area contributed by atoms with Gasteiger partial charge in [-0.1, -0.05) is 6.92 Å². The largest absolute Gasteiger partial charge is 0.481 e. The van der Waals surface area contributed by atoms with Gasteiger partial charge < -0.3 is 15.2 Å². The maximum atomic E-state index is 11.7. The lowest BCUT2D eigenvalue weighted by atomic mass is 9.95. The summed E-state index contributed by atoms with van der Waals surface area (Å²) in [5.41, 5.74) is 0. The molecule has 3 unspecified atom stereocenters. The molecule has 5 heteroatoms. The predicted molar refractivity (Wildman–Crippen MR) is 57.9 cm³/mol. The highest BCUT2D eigenvalue weighted by Crippen LogP contribution is 2.19. The van der Waals surface area contributed by atoms with E-state index in [-0.39, 0.29) is 24.5 Å². The van der Waals surface area contributed by atoms with Crippen LogP contribution in [0.1, 0.15) is 26.7 Å². The minimum Gasteiger partial charge on any atom is -0.481 e. The third kappa shape index (κ3) is 3.81. The van der Waals surface area contributed by atoms with Gasteiger partial charge in [-0.25, -0.2) is 0 Å². The van der Waals surface area contributed by atoms with Gasteiger partial charge in [0, 0.05) is 19.1 Å². The third-order valence-corrected chi connectivity index (χ3v) is 2.86. The van der Waals surface area contributed by atoms with Crippen molar-refractivity contribution in [1.29, 1.82) is 0 Å². The van der Waals surface area contributed by atoms with Crippen molar-refractivity contribution in [2.24, 2.45) is 11.8 Å². The molecular formula is C11H19NO4. The smallest absolute Gasteiger partial charge is 0.308 e. The molecule has 1 heterocycles. The summed E-state index contributed by atoms with van der Waals surface area (Å²) in [5, 5.41) is 11.4. The van der Waals surface area contributed by atoms with Crippen LogP contribution in [-0.2, 0) is 14.3 Å². The molecule has 5 nitrogen and oxygen atoms in total. The lowest BCUT2D eigenvalue weighted by molar-refractivity contribution is -0.141. The van der Waals surface area contributed by atoms with E-state index >= 15 is 0 Å². The van der Waals surface area contributed by atoms with Gasteiger partial charge in [-0.3, -0.25) is 9.59 Å². The van der Waals surface area contributed by atoms with Gasteiger partial charge >= 0.3 is 5.97 Å². The Morgan fingerprint density at radius 2 is 2.25 bits per heavy atom. The maximum Gasteiger partial charge on any atom is 0.308 e. The Kier molecular flexibility index (Phi) is 4.73. The Bertz CT molecular complexity index is 267. The summed E-state index contributed by atoms with van der Waals surface area (Å²) in [6.07, 6.45) is 1.55. The second-order valence-corrected chi connectivity index (χ2v) is 4.39. The summed E-state index contributed by atoms with van der Waals surface area (Å²) < 4.78 is 5.35. The molecule has 16 heavy (non-hydrogen) atoms. The Morgan fingerprint density at radius 1 is 1.56 bits per heavy atom. The van der Waals surface area contributed by atoms with Gasteiger partial charge in [-0.05, 0) is 19.8 Å². The van der Waals surface area contributed by atoms with E-state index in [0.717, 1.165) is 6.42 Å². The number of amides is 1. The van der Waals surface area contributed by atoms with Gasteiger partial charge in [0.1, 0.15) is 0 Å². The van der Waals surface area contributed by atoms with E-state index < -0.39 is 11.9 Å². The Morgan fingerprint density at radius 3 is 2.81 bits per heavy atom. The van der Waals surface area contributed by atoms with E-state index in [1.807, 2.05) is 6.92 Å². The molecule has 0 aromatic rings. The quantitative estimate of drug-likeness (QED) is 0.741. The highest BCUT2D eigenvalue weighted by Gasteiger charge is 2.25. The number of carbonyl (C=O) groups is 2. The van der Waals surface area contributed by atoms with Crippen molar-refractivity contribution in [2.75, 3.05) is 13.2 Å². The lowest BCUT2D eigenvalue weighted by Gasteiger charge is -2.26. The topological polar surface area (TPSA) is 75.6 Å². The number of carboxylic acids is 1. The van der Waals surface area contributed by atoms with E-state index in [1.54, 1.807) is 6.92 Å². The number of carbonyl (C=O) groups excluding carboxylic acids is 1. The molecule has 92 valence electrons. The molecule has 0 bridgehead atoms. The van der Waals surface area contributed by atoms with Crippen LogP contribution in [-0.4, -0.2) is 36.2 Å². The van der Waals surface area contributed by atoms with Crippen molar-refractivity contribution < 1.29 is 19.4 Å². The Hall–Kier alpha value is -1.10. The second kappa shape index (κ2) is 5.84. The SMILES string of the molecule is CC1CC(C(=O)NCC(C)C(=O)O)CCO1. The van der Waals surface area contributed by atoms with E-state index in [1.165, 1.54) is 0 Å². The highest BCUT2D eigenvalue weighted by atomic mass is 16.5. The first-order valence-corrected chi connectivity index (χ1v) is 5.62. The van der Waals surface area contributed by atoms with Gasteiger partial charge in [0.2, 0.25) is 5.91 Å². The fourth-order valence-corrected chi connectivity index (χ4v) is 1.72. The number of ether oxygens (including phenoxy) is 1. The lowest BCUT2D eigenvalue weighted by Crippen LogP contribution is -2.39. The number of hydrogen-bond donors (Lipinski definition) is 2. The molecule has 0 aromatic carbocycles. The average molecular weight is 229 g/mol. The van der Waals surface area contributed by atoms with Crippen LogP contribution in [0, 0.1) is 11.8 Å². The summed E-state index contributed by atoms with van der Waals surface area (Å²) in [5.74, 6) is -1.52. The van der Waals surface area contributed by atoms with Gasteiger partial charge in [0.05, 0.1) is 12.0 Å². The standard InChI is InChI=1S/C11H19NO4/c1-7(11(14)15)6-12-10(13)9-3-4-16-8(2)5-9/h7-9H,3-6H2,1-2H3,(H,12,13)(H,14,15). The third-order valence-electron chi connectivity index (χ3n) is 2.86. The second-order valence-electron chi connectivity index (χ2n) is 4.39. The van der Waals surface area contributed by atoms with Crippen LogP contribution in [0.3, 0.4) is 0 Å². The van der Waals surface area contributed by atoms with Crippen molar-refractivity contribution in [3.8, 4) is 0 Å². The molecule has 0 spiro atoms. The molecule has 0 aromatic heterocycles. The first-order valence-electron chi connectivity index (χ1n) is 5.62. The zero-order valence-corrected chi connectivity index (χ0v) is 9.73. The minimum atomic E-state index is -0.888. The number of rotatable bonds is 4. The van der Waals surface area contributed by atoms with Crippen LogP contribution < -0.4 is 5.32 Å². The fraction of sp³-hybridized carbons (Fsp3) is 0.818. The molecule has 1 rings (SSSR count). The van der Waals surface area contributed by atoms with Crippen LogP contribution in [0.2, 0.25) is 0 Å². The normalized spacial score (nSPS) is 27.1. The number of aliphatic carboxylic acids is 1. The minimum absolute atomic E-state index is 0.0373. The first kappa shape index (κ1) is 13.0. The average Bonchev–Trinajstić information content (AvgIpc) is 2.25. The number of hydrogen-bond acceptors (Lipinski definition) is 3. The van der Waals surface area contributed by atoms with Crippen molar-refractivity contribution >= 4 is 11.9 Å². The molecule has 1 amide bonds. The molecule has 0 aliphatic carbocycles. The molecule has 3 atom stereocenters. The fourth-order valence-electron chi connectivity index (χ4n) is 1.72. The molecular weight excluding hydrogens is 210 g/mol. The zero-order valence-electron chi connectivity index (χ0n) is 9.73. The summed E-state index contributed by atoms with van der Waals surface area (Å²) >= 11 is 0. The zero-order chi connectivity index (χ0) is 12.1. The Balaban J connectivity index is 2.31. The molecule has 0 radical (unpaired) electrons. The Labute approximate surface area is 95.2 Å². The van der Waals surface area contributed by atoms with Gasteiger partial charge in [-0.2, -0.15) is 0 Å². The first-order chi connectivity index (χ1) is 7.50. The summed E-state index contributed by atoms with van der Waals surface area (Å²) in [6.45, 7) is 4.32. The number of carboxylic acid groups (broad SMARTS) is 1. The maximum absolute atomic E-state index is 11.7. The molecule has 1 saturated heterocycles. The van der Waals surface area contributed by atoms with E-state index in [9.17, 15) is 9.59 Å². The van der Waals surface area contributed by atoms with Gasteiger partial charge in [0.25, 0.3) is 0 Å². The van der Waals surface area contributed by atoms with Crippen molar-refractivity contribution in [2.45, 2.75) is 32.8 Å². The molecule has 1 aliphatic rings. The van der Waals surface area contributed by atoms with Crippen molar-refractivity contribution in [1.82, 2.24) is 5.32 Å². The van der Waals surface area contributed by atoms with Crippen molar-refractivity contribution in [3.05, 3.63) is 0 Å². The van der Waals surface area contributed by atoms with E-state index in [0.29, 0.717) is 13.0 Å². The van der Waals surface area contributed by atoms with Crippen LogP contribution in [0.25, 0.3) is 0 Å². The monoisotopic (exact) mass is 229 g/mol. The van der Waals surface area contributed by atoms with Crippen LogP contribution in [0.4, 0.5) is 0 Å². The number of nitrogens with one attached hydrogen (secondary N) is 1. The van der Waals surface area contributed by atoms with Crippen LogP contribution >= 0.6 is 0 Å².